The largest absolute Gasteiger partial charge is 0.266 e. The predicted octanol–water partition coefficient (Wildman–Crippen LogP) is 3.62. The fraction of sp³-hybridized carbons (Fsp3) is 0.500. The van der Waals surface area contributed by atoms with Crippen molar-refractivity contribution in [2.24, 2.45) is 0 Å². The van der Waals surface area contributed by atoms with Crippen LogP contribution in [0.1, 0.15) is 26.3 Å². The highest BCUT2D eigenvalue weighted by Crippen LogP contribution is 2.38. The van der Waals surface area contributed by atoms with Crippen LogP contribution in [0.2, 0.25) is 5.02 Å². The van der Waals surface area contributed by atoms with E-state index in [1.54, 1.807) is 12.1 Å². The number of aromatic nitrogens is 2. The van der Waals surface area contributed by atoms with Crippen LogP contribution in [-0.4, -0.2) is 30.9 Å². The molecule has 0 aliphatic carbocycles. The third-order valence-corrected chi connectivity index (χ3v) is 4.12. The van der Waals surface area contributed by atoms with Gasteiger partial charge in [0.15, 0.2) is 5.82 Å². The molecule has 1 aromatic heterocycles. The van der Waals surface area contributed by atoms with Gasteiger partial charge in [-0.25, -0.2) is 17.2 Å². The summed E-state index contributed by atoms with van der Waals surface area (Å²) >= 11 is 6.19. The molecular weight excluding hydrogens is 348 g/mol. The first-order chi connectivity index (χ1) is 10.4. The number of sulfonamides is 1. The van der Waals surface area contributed by atoms with Crippen LogP contribution in [-0.2, 0) is 22.0 Å². The second kappa shape index (κ2) is 5.90. The molecule has 23 heavy (non-hydrogen) atoms. The standard InChI is InChI=1S/C14H18ClF2N3O2S/c1-14(2,3)8-5-6-9(15)11-12(8)20(7-10(16)17)18-13(11)19-23(4,21)22/h5-6,10H,7H2,1-4H3,(H,18,19). The minimum atomic E-state index is -3.62. The van der Waals surface area contributed by atoms with Crippen molar-refractivity contribution >= 4 is 38.3 Å². The fourth-order valence-corrected chi connectivity index (χ4v) is 3.13. The summed E-state index contributed by atoms with van der Waals surface area (Å²) in [6.45, 7) is 5.14. The summed E-state index contributed by atoms with van der Waals surface area (Å²) < 4.78 is 52.2. The minimum absolute atomic E-state index is 0.0424. The Morgan fingerprint density at radius 3 is 2.43 bits per heavy atom. The summed E-state index contributed by atoms with van der Waals surface area (Å²) in [5.41, 5.74) is 0.813. The molecule has 1 N–H and O–H groups in total. The molecule has 1 aromatic carbocycles. The number of anilines is 1. The molecule has 0 aliphatic rings. The number of benzene rings is 1. The highest BCUT2D eigenvalue weighted by Gasteiger charge is 2.25. The molecule has 0 saturated heterocycles. The highest BCUT2D eigenvalue weighted by atomic mass is 35.5. The average Bonchev–Trinajstić information content (AvgIpc) is 2.64. The summed E-state index contributed by atoms with van der Waals surface area (Å²) in [4.78, 5) is 0. The summed E-state index contributed by atoms with van der Waals surface area (Å²) in [5.74, 6) is -0.0424. The zero-order chi connectivity index (χ0) is 17.6. The van der Waals surface area contributed by atoms with Crippen molar-refractivity contribution in [2.75, 3.05) is 11.0 Å². The molecule has 1 heterocycles. The van der Waals surface area contributed by atoms with Crippen molar-refractivity contribution in [1.82, 2.24) is 9.78 Å². The van der Waals surface area contributed by atoms with Crippen molar-refractivity contribution in [3.8, 4) is 0 Å². The van der Waals surface area contributed by atoms with Crippen LogP contribution in [0.5, 0.6) is 0 Å². The lowest BCUT2D eigenvalue weighted by Gasteiger charge is -2.21. The molecule has 5 nitrogen and oxygen atoms in total. The normalized spacial score (nSPS) is 13.0. The maximum Gasteiger partial charge on any atom is 0.257 e. The van der Waals surface area contributed by atoms with Crippen LogP contribution >= 0.6 is 11.6 Å². The molecule has 128 valence electrons. The number of nitrogens with zero attached hydrogens (tertiary/aromatic N) is 2. The van der Waals surface area contributed by atoms with Gasteiger partial charge >= 0.3 is 0 Å². The van der Waals surface area contributed by atoms with E-state index in [0.717, 1.165) is 16.5 Å². The Bertz CT molecular complexity index is 842. The summed E-state index contributed by atoms with van der Waals surface area (Å²) in [6, 6.07) is 3.37. The van der Waals surface area contributed by atoms with Crippen molar-refractivity contribution in [3.63, 3.8) is 0 Å². The second-order valence-electron chi connectivity index (χ2n) is 6.36. The van der Waals surface area contributed by atoms with Gasteiger partial charge in [0, 0.05) is 0 Å². The van der Waals surface area contributed by atoms with E-state index in [0.29, 0.717) is 10.9 Å². The summed E-state index contributed by atoms with van der Waals surface area (Å²) in [7, 11) is -3.62. The lowest BCUT2D eigenvalue weighted by atomic mass is 9.85. The molecular formula is C14H18ClF2N3O2S. The van der Waals surface area contributed by atoms with Crippen molar-refractivity contribution in [1.29, 1.82) is 0 Å². The molecule has 0 atom stereocenters. The molecule has 0 fully saturated rings. The molecule has 0 spiro atoms. The number of rotatable bonds is 4. The Labute approximate surface area is 138 Å². The molecule has 0 unspecified atom stereocenters. The third kappa shape index (κ3) is 3.92. The Morgan fingerprint density at radius 1 is 1.35 bits per heavy atom. The first kappa shape index (κ1) is 17.9. The Balaban J connectivity index is 2.85. The van der Waals surface area contributed by atoms with Crippen LogP contribution < -0.4 is 4.72 Å². The van der Waals surface area contributed by atoms with E-state index < -0.39 is 23.0 Å². The predicted molar refractivity (Wildman–Crippen MR) is 87.9 cm³/mol. The van der Waals surface area contributed by atoms with E-state index in [1.165, 1.54) is 0 Å². The van der Waals surface area contributed by atoms with Gasteiger partial charge < -0.3 is 0 Å². The van der Waals surface area contributed by atoms with Gasteiger partial charge in [0.05, 0.1) is 22.2 Å². The Morgan fingerprint density at radius 2 is 1.96 bits per heavy atom. The van der Waals surface area contributed by atoms with E-state index in [-0.39, 0.29) is 16.3 Å². The third-order valence-electron chi connectivity index (χ3n) is 3.24. The fourth-order valence-electron chi connectivity index (χ4n) is 2.40. The van der Waals surface area contributed by atoms with Crippen LogP contribution in [0, 0.1) is 0 Å². The Hall–Kier alpha value is -1.41. The van der Waals surface area contributed by atoms with Gasteiger partial charge in [-0.1, -0.05) is 38.4 Å². The topological polar surface area (TPSA) is 64.0 Å². The molecule has 9 heteroatoms. The molecule has 0 aliphatic heterocycles. The molecule has 0 bridgehead atoms. The number of nitrogens with one attached hydrogen (secondary N) is 1. The molecule has 2 rings (SSSR count). The summed E-state index contributed by atoms with van der Waals surface area (Å²) in [5, 5.41) is 4.59. The van der Waals surface area contributed by atoms with E-state index >= 15 is 0 Å². The van der Waals surface area contributed by atoms with E-state index in [9.17, 15) is 17.2 Å². The van der Waals surface area contributed by atoms with E-state index in [2.05, 4.69) is 9.82 Å². The maximum atomic E-state index is 12.9. The number of hydrogen-bond acceptors (Lipinski definition) is 3. The van der Waals surface area contributed by atoms with E-state index in [4.69, 9.17) is 11.6 Å². The lowest BCUT2D eigenvalue weighted by molar-refractivity contribution is 0.123. The molecule has 0 saturated carbocycles. The van der Waals surface area contributed by atoms with Gasteiger partial charge in [-0.05, 0) is 17.0 Å². The van der Waals surface area contributed by atoms with E-state index in [1.807, 2.05) is 20.8 Å². The van der Waals surface area contributed by atoms with Gasteiger partial charge in [-0.15, -0.1) is 0 Å². The van der Waals surface area contributed by atoms with Gasteiger partial charge in [0.25, 0.3) is 6.43 Å². The Kier molecular flexibility index (Phi) is 4.60. The minimum Gasteiger partial charge on any atom is -0.266 e. The number of hydrogen-bond donors (Lipinski definition) is 1. The van der Waals surface area contributed by atoms with Crippen molar-refractivity contribution in [2.45, 2.75) is 39.2 Å². The van der Waals surface area contributed by atoms with Crippen LogP contribution in [0.15, 0.2) is 12.1 Å². The van der Waals surface area contributed by atoms with Gasteiger partial charge in [-0.2, -0.15) is 5.10 Å². The number of fused-ring (bicyclic) bond motifs is 1. The van der Waals surface area contributed by atoms with Crippen molar-refractivity contribution in [3.05, 3.63) is 22.7 Å². The van der Waals surface area contributed by atoms with Gasteiger partial charge in [0.1, 0.15) is 6.54 Å². The van der Waals surface area contributed by atoms with Crippen LogP contribution in [0.25, 0.3) is 10.9 Å². The first-order valence-electron chi connectivity index (χ1n) is 6.85. The zero-order valence-corrected chi connectivity index (χ0v) is 14.8. The highest BCUT2D eigenvalue weighted by molar-refractivity contribution is 7.92. The second-order valence-corrected chi connectivity index (χ2v) is 8.52. The van der Waals surface area contributed by atoms with Gasteiger partial charge in [-0.3, -0.25) is 9.40 Å². The molecule has 2 aromatic rings. The number of alkyl halides is 2. The zero-order valence-electron chi connectivity index (χ0n) is 13.2. The lowest BCUT2D eigenvalue weighted by Crippen LogP contribution is -2.16. The van der Waals surface area contributed by atoms with Crippen LogP contribution in [0.4, 0.5) is 14.6 Å². The first-order valence-corrected chi connectivity index (χ1v) is 9.12. The monoisotopic (exact) mass is 365 g/mol. The van der Waals surface area contributed by atoms with Crippen LogP contribution in [0.3, 0.4) is 0 Å². The molecule has 0 radical (unpaired) electrons. The maximum absolute atomic E-state index is 12.9. The number of halogens is 3. The summed E-state index contributed by atoms with van der Waals surface area (Å²) in [6.07, 6.45) is -1.66. The van der Waals surface area contributed by atoms with Gasteiger partial charge in [0.2, 0.25) is 10.0 Å². The smallest absolute Gasteiger partial charge is 0.257 e. The van der Waals surface area contributed by atoms with Crippen molar-refractivity contribution < 1.29 is 17.2 Å². The average molecular weight is 366 g/mol. The SMILES string of the molecule is CC(C)(C)c1ccc(Cl)c2c(NS(C)(=O)=O)nn(CC(F)F)c12. The molecule has 0 amide bonds. The quantitative estimate of drug-likeness (QED) is 0.899.